The Morgan fingerprint density at radius 2 is 2.06 bits per heavy atom. The Kier molecular flexibility index (Phi) is 4.56. The molecule has 0 saturated carbocycles. The maximum atomic E-state index is 8.94. The molecular weight excluding hydrogens is 301 g/mol. The third-order valence-corrected chi connectivity index (χ3v) is 3.48. The Morgan fingerprint density at radius 1 is 1.47 bits per heavy atom. The Bertz CT molecular complexity index is 434. The van der Waals surface area contributed by atoms with E-state index in [1.807, 2.05) is 13.1 Å². The lowest BCUT2D eigenvalue weighted by Crippen LogP contribution is -2.34. The lowest BCUT2D eigenvalue weighted by atomic mass is 10.1. The molecule has 0 aliphatic heterocycles. The Labute approximate surface area is 121 Å². The summed E-state index contributed by atoms with van der Waals surface area (Å²) in [6.07, 6.45) is 3.60. The van der Waals surface area contributed by atoms with Gasteiger partial charge in [0.05, 0.1) is 12.7 Å². The van der Waals surface area contributed by atoms with Gasteiger partial charge < -0.3 is 16.7 Å². The van der Waals surface area contributed by atoms with E-state index in [9.17, 15) is 0 Å². The van der Waals surface area contributed by atoms with Gasteiger partial charge in [0, 0.05) is 11.8 Å². The van der Waals surface area contributed by atoms with Crippen molar-refractivity contribution < 1.29 is 3.89 Å². The molecule has 0 aliphatic carbocycles. The largest absolute Gasteiger partial charge is 0.476 e. The maximum Gasteiger partial charge on any atom is 0.289 e. The molecule has 2 atom stereocenters. The van der Waals surface area contributed by atoms with Crippen LogP contribution in [0.15, 0.2) is 18.3 Å². The third-order valence-electron chi connectivity index (χ3n) is 2.50. The van der Waals surface area contributed by atoms with Crippen LogP contribution in [0, 0.1) is 11.5 Å². The minimum Gasteiger partial charge on any atom is -0.476 e. The highest BCUT2D eigenvalue weighted by atomic mass is 35.6. The minimum absolute atomic E-state index is 0.188. The zero-order valence-electron chi connectivity index (χ0n) is 9.19. The average molecular weight is 311 g/mol. The highest BCUT2D eigenvalue weighted by Gasteiger charge is 2.26. The van der Waals surface area contributed by atoms with Crippen molar-refractivity contribution in [3.05, 3.63) is 29.6 Å². The van der Waals surface area contributed by atoms with Crippen LogP contribution in [0.25, 0.3) is 0 Å². The highest BCUT2D eigenvalue weighted by molar-refractivity contribution is 7.52. The average Bonchev–Trinajstić information content (AvgIpc) is 2.27. The fourth-order valence-electron chi connectivity index (χ4n) is 1.19. The van der Waals surface area contributed by atoms with Crippen molar-refractivity contribution in [2.45, 2.75) is 16.8 Å². The highest BCUT2D eigenvalue weighted by Crippen LogP contribution is 2.37. The number of halogens is 3. The summed E-state index contributed by atoms with van der Waals surface area (Å²) in [4.78, 5) is 4.06. The summed E-state index contributed by atoms with van der Waals surface area (Å²) in [5, 5.41) is 8.94. The van der Waals surface area contributed by atoms with Crippen molar-refractivity contribution in [2.75, 3.05) is 7.05 Å². The number of aromatic nitrogens is 1. The van der Waals surface area contributed by atoms with Gasteiger partial charge in [-0.3, -0.25) is 4.98 Å². The van der Waals surface area contributed by atoms with Gasteiger partial charge in [0.25, 0.3) is 6.19 Å². The molecule has 0 saturated heterocycles. The van der Waals surface area contributed by atoms with E-state index in [1.54, 1.807) is 25.4 Å². The van der Waals surface area contributed by atoms with Crippen LogP contribution in [0.2, 0.25) is 0 Å². The first-order chi connectivity index (χ1) is 7.68. The van der Waals surface area contributed by atoms with Crippen molar-refractivity contribution in [3.63, 3.8) is 0 Å². The second-order valence-corrected chi connectivity index (χ2v) is 6.78. The number of pyridine rings is 1. The predicted molar refractivity (Wildman–Crippen MR) is 71.1 cm³/mol. The van der Waals surface area contributed by atoms with E-state index in [0.717, 1.165) is 5.56 Å². The first kappa shape index (κ1) is 14.9. The second kappa shape index (κ2) is 5.21. The molecule has 3 nitrogen and oxygen atoms in total. The number of quaternary nitrogens is 1. The molecule has 1 aromatic heterocycles. The zero-order valence-corrected chi connectivity index (χ0v) is 12.3. The molecule has 2 unspecified atom stereocenters. The summed E-state index contributed by atoms with van der Waals surface area (Å²) in [5.41, 5.74) is 1.16. The summed E-state index contributed by atoms with van der Waals surface area (Å²) in [5.74, 6) is 0. The molecule has 0 amide bonds. The van der Waals surface area contributed by atoms with Crippen LogP contribution in [0.5, 0.6) is 0 Å². The minimum atomic E-state index is -1.54. The number of alkyl halides is 3. The van der Waals surface area contributed by atoms with E-state index < -0.39 is 3.79 Å². The predicted octanol–water partition coefficient (Wildman–Crippen LogP) is 3.36. The second-order valence-electron chi connectivity index (χ2n) is 3.74. The molecule has 1 heterocycles. The zero-order chi connectivity index (χ0) is 13.3. The van der Waals surface area contributed by atoms with Gasteiger partial charge in [-0.1, -0.05) is 34.8 Å². The van der Waals surface area contributed by atoms with Crippen molar-refractivity contribution in [1.82, 2.24) is 4.98 Å². The molecule has 0 fully saturated rings. The van der Waals surface area contributed by atoms with Crippen LogP contribution < -0.4 is 0 Å². The van der Waals surface area contributed by atoms with Crippen LogP contribution in [-0.2, 0) is 16.6 Å². The van der Waals surface area contributed by atoms with E-state index in [2.05, 4.69) is 4.98 Å². The van der Waals surface area contributed by atoms with Crippen LogP contribution in [-0.4, -0.2) is 15.9 Å². The first-order valence-electron chi connectivity index (χ1n) is 4.70. The maximum absolute atomic E-state index is 8.94. The van der Waals surface area contributed by atoms with Gasteiger partial charge in [-0.05, 0) is 19.1 Å². The lowest BCUT2D eigenvalue weighted by Gasteiger charge is -2.36. The van der Waals surface area contributed by atoms with Gasteiger partial charge in [0.2, 0.25) is 3.79 Å². The molecule has 7 heteroatoms. The van der Waals surface area contributed by atoms with Gasteiger partial charge >= 0.3 is 0 Å². The molecule has 17 heavy (non-hydrogen) atoms. The molecular formula is C10H10Cl3N3S. The normalized spacial score (nSPS) is 17.0. The first-order valence-corrected chi connectivity index (χ1v) is 6.20. The summed E-state index contributed by atoms with van der Waals surface area (Å²) >= 11 is 22.2. The van der Waals surface area contributed by atoms with Crippen LogP contribution in [0.4, 0.5) is 0 Å². The van der Waals surface area contributed by atoms with Crippen LogP contribution in [0.3, 0.4) is 0 Å². The van der Waals surface area contributed by atoms with E-state index in [1.165, 1.54) is 0 Å². The summed E-state index contributed by atoms with van der Waals surface area (Å²) in [6, 6.07) is 3.19. The Balaban J connectivity index is 3.01. The fraction of sp³-hybridized carbons (Fsp3) is 0.400. The number of nitriles is 1. The van der Waals surface area contributed by atoms with Gasteiger partial charge in [-0.15, -0.1) is 5.26 Å². The number of hydrogen-bond acceptors (Lipinski definition) is 3. The molecule has 0 N–H and O–H groups in total. The molecule has 0 bridgehead atoms. The van der Waals surface area contributed by atoms with Gasteiger partial charge in [0.1, 0.15) is 6.04 Å². The third kappa shape index (κ3) is 3.64. The number of nitrogens with zero attached hydrogens (tertiary/aromatic N) is 3. The lowest BCUT2D eigenvalue weighted by molar-refractivity contribution is -0.735. The molecule has 92 valence electrons. The van der Waals surface area contributed by atoms with Crippen LogP contribution in [0.1, 0.15) is 24.2 Å². The quantitative estimate of drug-likeness (QED) is 0.364. The van der Waals surface area contributed by atoms with Crippen molar-refractivity contribution in [2.24, 2.45) is 0 Å². The molecule has 0 spiro atoms. The van der Waals surface area contributed by atoms with Gasteiger partial charge in [-0.2, -0.15) is 0 Å². The van der Waals surface area contributed by atoms with Crippen LogP contribution >= 0.6 is 34.8 Å². The molecule has 0 aromatic carbocycles. The summed E-state index contributed by atoms with van der Waals surface area (Å²) in [7, 11) is 1.64. The molecule has 1 rings (SSSR count). The van der Waals surface area contributed by atoms with Crippen molar-refractivity contribution in [3.8, 4) is 6.19 Å². The Hall–Kier alpha value is -0.180. The smallest absolute Gasteiger partial charge is 0.289 e. The van der Waals surface area contributed by atoms with E-state index in [4.69, 9.17) is 52.9 Å². The standard InChI is InChI=1S/C10H10Cl3N3S/c1-7(16(2,17)6-14)8-3-4-9(15-5-8)10(11,12)13/h3-5,7H,1-2H3. The number of hydrogen-bond donors (Lipinski definition) is 0. The SMILES string of the molecule is CC(c1ccc(C(Cl)(Cl)Cl)nc1)[N+](C)([S-])C#N. The molecule has 0 radical (unpaired) electrons. The Morgan fingerprint density at radius 3 is 2.41 bits per heavy atom. The van der Waals surface area contributed by atoms with Crippen molar-refractivity contribution in [1.29, 1.82) is 5.26 Å². The monoisotopic (exact) mass is 309 g/mol. The fourth-order valence-corrected chi connectivity index (χ4v) is 1.65. The topological polar surface area (TPSA) is 36.7 Å². The molecule has 1 aromatic rings. The summed E-state index contributed by atoms with van der Waals surface area (Å²) in [6.45, 7) is 1.85. The molecule has 0 aliphatic rings. The van der Waals surface area contributed by atoms with Crippen molar-refractivity contribution >= 4 is 47.6 Å². The van der Waals surface area contributed by atoms with Gasteiger partial charge in [0.15, 0.2) is 0 Å². The van der Waals surface area contributed by atoms with E-state index >= 15 is 0 Å². The number of rotatable bonds is 2. The van der Waals surface area contributed by atoms with E-state index in [0.29, 0.717) is 5.69 Å². The van der Waals surface area contributed by atoms with Gasteiger partial charge in [-0.25, -0.2) is 0 Å². The van der Waals surface area contributed by atoms with E-state index in [-0.39, 0.29) is 9.93 Å². The summed E-state index contributed by atoms with van der Waals surface area (Å²) < 4.78 is -1.75.